The second-order valence-corrected chi connectivity index (χ2v) is 9.14. The van der Waals surface area contributed by atoms with Crippen LogP contribution in [0.25, 0.3) is 0 Å². The van der Waals surface area contributed by atoms with Crippen LogP contribution in [-0.2, 0) is 76.1 Å². The molecule has 2 saturated heterocycles. The number of carbonyl (C=O) groups excluding carboxylic acids is 6. The predicted molar refractivity (Wildman–Crippen MR) is 132 cm³/mol. The van der Waals surface area contributed by atoms with Crippen molar-refractivity contribution in [2.45, 2.75) is 103 Å². The average Bonchev–Trinajstić information content (AvgIpc) is 2.86. The highest BCUT2D eigenvalue weighted by atomic mass is 16.8. The number of carbonyl (C=O) groups is 6. The van der Waals surface area contributed by atoms with Gasteiger partial charge in [-0.1, -0.05) is 5.92 Å². The smallest absolute Gasteiger partial charge is 0.303 e. The van der Waals surface area contributed by atoms with Crippen LogP contribution in [0, 0.1) is 12.3 Å². The largest absolute Gasteiger partial charge is 0.463 e. The number of rotatable bonds is 10. The Hall–Kier alpha value is -3.78. The summed E-state index contributed by atoms with van der Waals surface area (Å²) in [6.07, 6.45) is -9.01. The van der Waals surface area contributed by atoms with E-state index in [0.29, 0.717) is 0 Å². The van der Waals surface area contributed by atoms with Crippen LogP contribution < -0.4 is 0 Å². The normalized spacial score (nSPS) is 32.3. The Labute approximate surface area is 241 Å². The Morgan fingerprint density at radius 3 is 1.45 bits per heavy atom. The molecule has 0 amide bonds. The van der Waals surface area contributed by atoms with Gasteiger partial charge in [0.2, 0.25) is 6.29 Å². The summed E-state index contributed by atoms with van der Waals surface area (Å²) in [5, 5.41) is 0. The topological polar surface area (TPSA) is 195 Å². The zero-order chi connectivity index (χ0) is 31.7. The SMILES string of the molecule is C#C[C@H]1O[C@@H](O[C@@H]2[C@H](OC(C)=O)[C@@H](OC(C)=O)[C@@H](OC)O[C@@H]2COC(C)=O)[C@H](OC(C)=O)[C@@H](OC(C)=O)[C@H]1OC(C)=O. The molecule has 0 saturated carbocycles. The van der Waals surface area contributed by atoms with Crippen LogP contribution in [0.2, 0.25) is 0 Å². The van der Waals surface area contributed by atoms with Crippen molar-refractivity contribution in [1.29, 1.82) is 0 Å². The highest BCUT2D eigenvalue weighted by Gasteiger charge is 2.57. The van der Waals surface area contributed by atoms with Crippen LogP contribution in [-0.4, -0.2) is 111 Å². The van der Waals surface area contributed by atoms with E-state index in [-0.39, 0.29) is 0 Å². The molecule has 0 N–H and O–H groups in total. The Morgan fingerprint density at radius 2 is 1.02 bits per heavy atom. The van der Waals surface area contributed by atoms with Gasteiger partial charge < -0.3 is 47.4 Å². The molecule has 0 bridgehead atoms. The average molecular weight is 603 g/mol. The second kappa shape index (κ2) is 15.4. The van der Waals surface area contributed by atoms with Crippen molar-refractivity contribution in [3.63, 3.8) is 0 Å². The first-order valence-electron chi connectivity index (χ1n) is 12.6. The van der Waals surface area contributed by atoms with E-state index in [1.54, 1.807) is 0 Å². The molecule has 0 radical (unpaired) electrons. The fourth-order valence-corrected chi connectivity index (χ4v) is 4.38. The van der Waals surface area contributed by atoms with Crippen LogP contribution in [0.1, 0.15) is 41.5 Å². The molecular weight excluding hydrogens is 568 g/mol. The van der Waals surface area contributed by atoms with E-state index in [1.807, 2.05) is 0 Å². The fourth-order valence-electron chi connectivity index (χ4n) is 4.38. The molecule has 0 aromatic heterocycles. The van der Waals surface area contributed by atoms with Crippen molar-refractivity contribution in [3.05, 3.63) is 0 Å². The molecule has 42 heavy (non-hydrogen) atoms. The van der Waals surface area contributed by atoms with Gasteiger partial charge in [-0.3, -0.25) is 28.8 Å². The van der Waals surface area contributed by atoms with E-state index in [9.17, 15) is 28.8 Å². The molecule has 0 unspecified atom stereocenters. The molecule has 16 nitrogen and oxygen atoms in total. The number of ether oxygens (including phenoxy) is 10. The van der Waals surface area contributed by atoms with Crippen LogP contribution in [0.15, 0.2) is 0 Å². The first-order chi connectivity index (χ1) is 19.7. The lowest BCUT2D eigenvalue weighted by atomic mass is 9.96. The summed E-state index contributed by atoms with van der Waals surface area (Å²) in [5.41, 5.74) is 0. The second-order valence-electron chi connectivity index (χ2n) is 9.14. The van der Waals surface area contributed by atoms with Crippen molar-refractivity contribution >= 4 is 35.8 Å². The van der Waals surface area contributed by atoms with Crippen LogP contribution in [0.3, 0.4) is 0 Å². The van der Waals surface area contributed by atoms with E-state index < -0.39 is 104 Å². The molecule has 0 aliphatic carbocycles. The standard InChI is InChI=1S/C26H34O16/c1-9-17-19(35-12(3)28)21(36-13(4)29)24(39-16(7)32)26(40-17)42-20-18(10-34-11(2)27)41-25(33-8)23(38-15(6)31)22(20)37-14(5)30/h1,17-26H,10H2,2-8H3/t17-,18-,19+,20+,21+,22+,23-,24-,25+,26+/m1/s1. The molecule has 2 rings (SSSR count). The van der Waals surface area contributed by atoms with Gasteiger partial charge in [0, 0.05) is 48.7 Å². The maximum atomic E-state index is 12.2. The Balaban J connectivity index is 2.64. The van der Waals surface area contributed by atoms with E-state index in [1.165, 1.54) is 7.11 Å². The summed E-state index contributed by atoms with van der Waals surface area (Å²) in [6, 6.07) is 0. The molecular formula is C26H34O16. The van der Waals surface area contributed by atoms with E-state index in [2.05, 4.69) is 5.92 Å². The summed E-state index contributed by atoms with van der Waals surface area (Å²) in [5.74, 6) is -2.60. The van der Waals surface area contributed by atoms with Gasteiger partial charge in [0.05, 0.1) is 0 Å². The minimum Gasteiger partial charge on any atom is -0.463 e. The molecule has 2 aliphatic heterocycles. The van der Waals surface area contributed by atoms with Gasteiger partial charge in [-0.25, -0.2) is 0 Å². The van der Waals surface area contributed by atoms with Crippen molar-refractivity contribution in [2.75, 3.05) is 13.7 Å². The monoisotopic (exact) mass is 602 g/mol. The predicted octanol–water partition coefficient (Wildman–Crippen LogP) is -0.677. The minimum absolute atomic E-state index is 0.475. The van der Waals surface area contributed by atoms with E-state index in [4.69, 9.17) is 53.8 Å². The van der Waals surface area contributed by atoms with E-state index in [0.717, 1.165) is 41.5 Å². The van der Waals surface area contributed by atoms with Crippen molar-refractivity contribution < 1.29 is 76.1 Å². The van der Waals surface area contributed by atoms with Gasteiger partial charge in [0.15, 0.2) is 42.9 Å². The van der Waals surface area contributed by atoms with Crippen molar-refractivity contribution in [3.8, 4) is 12.3 Å². The molecule has 10 atom stereocenters. The summed E-state index contributed by atoms with van der Waals surface area (Å²) in [6.45, 7) is 6.01. The molecule has 2 fully saturated rings. The summed E-state index contributed by atoms with van der Waals surface area (Å²) in [4.78, 5) is 71.7. The number of esters is 6. The molecule has 234 valence electrons. The maximum absolute atomic E-state index is 12.2. The zero-order valence-corrected chi connectivity index (χ0v) is 24.1. The summed E-state index contributed by atoms with van der Waals surface area (Å²) >= 11 is 0. The first-order valence-corrected chi connectivity index (χ1v) is 12.6. The highest BCUT2D eigenvalue weighted by molar-refractivity contribution is 5.69. The zero-order valence-electron chi connectivity index (χ0n) is 24.1. The Morgan fingerprint density at radius 1 is 0.595 bits per heavy atom. The lowest BCUT2D eigenvalue weighted by Crippen LogP contribution is -2.66. The molecule has 0 spiro atoms. The van der Waals surface area contributed by atoms with Crippen LogP contribution in [0.5, 0.6) is 0 Å². The first kappa shape index (κ1) is 34.4. The van der Waals surface area contributed by atoms with Gasteiger partial charge in [-0.2, -0.15) is 0 Å². The molecule has 0 aromatic carbocycles. The summed E-state index contributed by atoms with van der Waals surface area (Å²) in [7, 11) is 1.23. The van der Waals surface area contributed by atoms with Gasteiger partial charge in [-0.05, 0) is 0 Å². The fraction of sp³-hybridized carbons (Fsp3) is 0.692. The third-order valence-electron chi connectivity index (χ3n) is 5.74. The Bertz CT molecular complexity index is 1070. The maximum Gasteiger partial charge on any atom is 0.303 e. The van der Waals surface area contributed by atoms with Gasteiger partial charge in [-0.15, -0.1) is 6.42 Å². The third-order valence-corrected chi connectivity index (χ3v) is 5.74. The lowest BCUT2D eigenvalue weighted by molar-refractivity contribution is -0.353. The number of terminal acetylenes is 1. The number of methoxy groups -OCH3 is 1. The third kappa shape index (κ3) is 9.38. The number of hydrogen-bond donors (Lipinski definition) is 0. The lowest BCUT2D eigenvalue weighted by Gasteiger charge is -2.48. The van der Waals surface area contributed by atoms with Gasteiger partial charge in [0.1, 0.15) is 18.8 Å². The highest BCUT2D eigenvalue weighted by Crippen LogP contribution is 2.35. The minimum atomic E-state index is -1.70. The van der Waals surface area contributed by atoms with Gasteiger partial charge >= 0.3 is 35.8 Å². The van der Waals surface area contributed by atoms with Crippen molar-refractivity contribution in [2.24, 2.45) is 0 Å². The van der Waals surface area contributed by atoms with Gasteiger partial charge in [0.25, 0.3) is 0 Å². The molecule has 2 aliphatic rings. The van der Waals surface area contributed by atoms with Crippen LogP contribution in [0.4, 0.5) is 0 Å². The van der Waals surface area contributed by atoms with E-state index >= 15 is 0 Å². The number of hydrogen-bond acceptors (Lipinski definition) is 16. The molecule has 16 heteroatoms. The molecule has 2 heterocycles. The quantitative estimate of drug-likeness (QED) is 0.173. The van der Waals surface area contributed by atoms with Crippen LogP contribution >= 0.6 is 0 Å². The Kier molecular flexibility index (Phi) is 12.7. The molecule has 0 aromatic rings. The summed E-state index contributed by atoms with van der Waals surface area (Å²) < 4.78 is 55.0. The van der Waals surface area contributed by atoms with Crippen molar-refractivity contribution in [1.82, 2.24) is 0 Å².